The number of benzene rings is 2. The van der Waals surface area contributed by atoms with Crippen LogP contribution < -0.4 is 15.4 Å². The Bertz CT molecular complexity index is 706. The quantitative estimate of drug-likeness (QED) is 0.788. The summed E-state index contributed by atoms with van der Waals surface area (Å²) in [5.41, 5.74) is 3.37. The summed E-state index contributed by atoms with van der Waals surface area (Å²) in [6, 6.07) is 14.8. The Kier molecular flexibility index (Phi) is 5.25. The molecule has 0 amide bonds. The van der Waals surface area contributed by atoms with Gasteiger partial charge in [0.2, 0.25) is 0 Å². The van der Waals surface area contributed by atoms with Crippen LogP contribution in [0.3, 0.4) is 0 Å². The Hall–Kier alpha value is -2.21. The Morgan fingerprint density at radius 2 is 1.88 bits per heavy atom. The topological polar surface area (TPSA) is 33.3 Å². The van der Waals surface area contributed by atoms with Crippen LogP contribution >= 0.6 is 12.2 Å². The van der Waals surface area contributed by atoms with Gasteiger partial charge >= 0.3 is 6.61 Å². The highest BCUT2D eigenvalue weighted by Crippen LogP contribution is 2.29. The lowest BCUT2D eigenvalue weighted by Gasteiger charge is -2.27. The van der Waals surface area contributed by atoms with E-state index in [9.17, 15) is 8.78 Å². The summed E-state index contributed by atoms with van der Waals surface area (Å²) < 4.78 is 28.6. The van der Waals surface area contributed by atoms with Crippen LogP contribution in [-0.4, -0.2) is 11.7 Å². The van der Waals surface area contributed by atoms with Crippen molar-refractivity contribution in [2.45, 2.75) is 31.9 Å². The minimum atomic E-state index is -2.82. The van der Waals surface area contributed by atoms with E-state index in [1.54, 1.807) is 12.1 Å². The van der Waals surface area contributed by atoms with Crippen molar-refractivity contribution in [3.8, 4) is 5.75 Å². The number of alkyl halides is 2. The number of ether oxygens (including phenoxy) is 1. The highest BCUT2D eigenvalue weighted by atomic mass is 32.1. The molecule has 1 aliphatic carbocycles. The Labute approximate surface area is 145 Å². The van der Waals surface area contributed by atoms with Crippen LogP contribution in [-0.2, 0) is 6.42 Å². The summed E-state index contributed by atoms with van der Waals surface area (Å²) in [5.74, 6) is 0.121. The first-order chi connectivity index (χ1) is 11.6. The SMILES string of the molecule is FC(F)Oc1ccc(NC(=S)N[C@@H]2CCCc3ccccc32)cc1. The van der Waals surface area contributed by atoms with Gasteiger partial charge in [-0.25, -0.2) is 0 Å². The molecule has 126 valence electrons. The van der Waals surface area contributed by atoms with E-state index >= 15 is 0 Å². The molecule has 0 heterocycles. The van der Waals surface area contributed by atoms with Crippen LogP contribution in [0.15, 0.2) is 48.5 Å². The number of anilines is 1. The van der Waals surface area contributed by atoms with Gasteiger partial charge in [-0.3, -0.25) is 0 Å². The van der Waals surface area contributed by atoms with Crippen LogP contribution in [0.4, 0.5) is 14.5 Å². The van der Waals surface area contributed by atoms with E-state index in [-0.39, 0.29) is 11.8 Å². The minimum absolute atomic E-state index is 0.121. The molecule has 2 aromatic rings. The lowest BCUT2D eigenvalue weighted by molar-refractivity contribution is -0.0498. The van der Waals surface area contributed by atoms with Crippen molar-refractivity contribution in [3.05, 3.63) is 59.7 Å². The monoisotopic (exact) mass is 348 g/mol. The summed E-state index contributed by atoms with van der Waals surface area (Å²) in [7, 11) is 0. The van der Waals surface area contributed by atoms with Gasteiger partial charge < -0.3 is 15.4 Å². The lowest BCUT2D eigenvalue weighted by atomic mass is 9.88. The highest BCUT2D eigenvalue weighted by molar-refractivity contribution is 7.80. The zero-order valence-corrected chi connectivity index (χ0v) is 13.8. The molecule has 0 radical (unpaired) electrons. The van der Waals surface area contributed by atoms with E-state index in [1.165, 1.54) is 23.3 Å². The summed E-state index contributed by atoms with van der Waals surface area (Å²) in [5, 5.41) is 6.93. The van der Waals surface area contributed by atoms with Crippen LogP contribution in [0.5, 0.6) is 5.75 Å². The van der Waals surface area contributed by atoms with Gasteiger partial charge in [0.1, 0.15) is 5.75 Å². The number of hydrogen-bond acceptors (Lipinski definition) is 2. The van der Waals surface area contributed by atoms with Gasteiger partial charge in [-0.2, -0.15) is 8.78 Å². The maximum absolute atomic E-state index is 12.1. The molecule has 0 aliphatic heterocycles. The molecular weight excluding hydrogens is 330 g/mol. The fourth-order valence-corrected chi connectivity index (χ4v) is 3.21. The molecule has 0 spiro atoms. The average Bonchev–Trinajstić information content (AvgIpc) is 2.56. The third kappa shape index (κ3) is 4.20. The van der Waals surface area contributed by atoms with Crippen LogP contribution in [0.2, 0.25) is 0 Å². The van der Waals surface area contributed by atoms with E-state index in [4.69, 9.17) is 12.2 Å². The molecule has 2 aromatic carbocycles. The summed E-state index contributed by atoms with van der Waals surface area (Å²) >= 11 is 5.38. The van der Waals surface area contributed by atoms with Crippen molar-refractivity contribution in [3.63, 3.8) is 0 Å². The number of halogens is 2. The Morgan fingerprint density at radius 3 is 2.62 bits per heavy atom. The third-order valence-electron chi connectivity index (χ3n) is 4.01. The van der Waals surface area contributed by atoms with Gasteiger partial charge in [-0.05, 0) is 66.9 Å². The zero-order chi connectivity index (χ0) is 16.9. The van der Waals surface area contributed by atoms with E-state index in [1.807, 2.05) is 6.07 Å². The normalized spacial score (nSPS) is 16.4. The van der Waals surface area contributed by atoms with Gasteiger partial charge in [0.05, 0.1) is 6.04 Å². The van der Waals surface area contributed by atoms with Crippen LogP contribution in [0.1, 0.15) is 30.0 Å². The van der Waals surface area contributed by atoms with Crippen molar-refractivity contribution in [2.75, 3.05) is 5.32 Å². The first-order valence-corrected chi connectivity index (χ1v) is 8.23. The summed E-state index contributed by atoms with van der Waals surface area (Å²) in [6.07, 6.45) is 3.25. The lowest BCUT2D eigenvalue weighted by Crippen LogP contribution is -2.34. The van der Waals surface area contributed by atoms with Gasteiger partial charge in [-0.15, -0.1) is 0 Å². The molecule has 0 fully saturated rings. The average molecular weight is 348 g/mol. The van der Waals surface area contributed by atoms with Crippen molar-refractivity contribution < 1.29 is 13.5 Å². The van der Waals surface area contributed by atoms with E-state index in [0.717, 1.165) is 24.9 Å². The van der Waals surface area contributed by atoms with E-state index in [2.05, 4.69) is 33.6 Å². The molecule has 1 aliphatic rings. The molecule has 0 saturated heterocycles. The van der Waals surface area contributed by atoms with Gasteiger partial charge in [-0.1, -0.05) is 24.3 Å². The number of hydrogen-bond donors (Lipinski definition) is 2. The Balaban J connectivity index is 1.60. The fraction of sp³-hybridized carbons (Fsp3) is 0.278. The first-order valence-electron chi connectivity index (χ1n) is 7.82. The molecule has 0 unspecified atom stereocenters. The predicted octanol–water partition coefficient (Wildman–Crippen LogP) is 4.65. The number of aryl methyl sites for hydroxylation is 1. The first kappa shape index (κ1) is 16.6. The highest BCUT2D eigenvalue weighted by Gasteiger charge is 2.20. The standard InChI is InChI=1S/C18H18F2N2OS/c19-17(20)23-14-10-8-13(9-11-14)21-18(24)22-16-7-3-5-12-4-1-2-6-15(12)16/h1-2,4,6,8-11,16-17H,3,5,7H2,(H2,21,22,24)/t16-/m1/s1. The molecule has 6 heteroatoms. The Morgan fingerprint density at radius 1 is 1.12 bits per heavy atom. The van der Waals surface area contributed by atoms with Crippen LogP contribution in [0, 0.1) is 0 Å². The molecule has 3 nitrogen and oxygen atoms in total. The minimum Gasteiger partial charge on any atom is -0.435 e. The molecule has 2 N–H and O–H groups in total. The van der Waals surface area contributed by atoms with Crippen molar-refractivity contribution in [2.24, 2.45) is 0 Å². The van der Waals surface area contributed by atoms with Gasteiger partial charge in [0, 0.05) is 5.69 Å². The van der Waals surface area contributed by atoms with E-state index < -0.39 is 6.61 Å². The zero-order valence-electron chi connectivity index (χ0n) is 13.0. The van der Waals surface area contributed by atoms with Crippen molar-refractivity contribution >= 4 is 23.0 Å². The molecular formula is C18H18F2N2OS. The molecule has 24 heavy (non-hydrogen) atoms. The fourth-order valence-electron chi connectivity index (χ4n) is 2.95. The number of rotatable bonds is 4. The second-order valence-corrected chi connectivity index (χ2v) is 6.05. The molecule has 3 rings (SSSR count). The second kappa shape index (κ2) is 7.57. The van der Waals surface area contributed by atoms with Gasteiger partial charge in [0.25, 0.3) is 0 Å². The summed E-state index contributed by atoms with van der Waals surface area (Å²) in [6.45, 7) is -2.82. The van der Waals surface area contributed by atoms with Crippen molar-refractivity contribution in [1.82, 2.24) is 5.32 Å². The summed E-state index contributed by atoms with van der Waals surface area (Å²) in [4.78, 5) is 0. The van der Waals surface area contributed by atoms with E-state index in [0.29, 0.717) is 5.11 Å². The molecule has 0 aromatic heterocycles. The predicted molar refractivity (Wildman–Crippen MR) is 94.6 cm³/mol. The molecule has 1 atom stereocenters. The maximum Gasteiger partial charge on any atom is 0.387 e. The van der Waals surface area contributed by atoms with Crippen molar-refractivity contribution in [1.29, 1.82) is 0 Å². The smallest absolute Gasteiger partial charge is 0.387 e. The molecule has 0 bridgehead atoms. The largest absolute Gasteiger partial charge is 0.435 e. The maximum atomic E-state index is 12.1. The van der Waals surface area contributed by atoms with Crippen LogP contribution in [0.25, 0.3) is 0 Å². The molecule has 0 saturated carbocycles. The third-order valence-corrected chi connectivity index (χ3v) is 4.23. The second-order valence-electron chi connectivity index (χ2n) is 5.64. The number of nitrogens with one attached hydrogen (secondary N) is 2. The number of fused-ring (bicyclic) bond motifs is 1. The number of thiocarbonyl (C=S) groups is 1. The van der Waals surface area contributed by atoms with Gasteiger partial charge in [0.15, 0.2) is 5.11 Å².